The van der Waals surface area contributed by atoms with Gasteiger partial charge >= 0.3 is 6.03 Å². The number of aromatic nitrogens is 3. The minimum atomic E-state index is -0.501. The molecule has 1 unspecified atom stereocenters. The normalized spacial score (nSPS) is 12.2. The molecule has 142 valence electrons. The molecule has 1 N–H and O–H groups in total. The van der Waals surface area contributed by atoms with Gasteiger partial charge in [-0.15, -0.1) is 11.3 Å². The van der Waals surface area contributed by atoms with Crippen LogP contribution in [0.4, 0.5) is 4.79 Å². The molecule has 0 aliphatic carbocycles. The summed E-state index contributed by atoms with van der Waals surface area (Å²) in [5, 5.41) is 5.90. The molecule has 1 atom stereocenters. The number of carbonyl (C=O) groups is 2. The number of hydrogen-bond acceptors (Lipinski definition) is 5. The summed E-state index contributed by atoms with van der Waals surface area (Å²) in [5.74, 6) is 0.408. The first-order valence-electron chi connectivity index (χ1n) is 8.85. The zero-order valence-electron chi connectivity index (χ0n) is 15.8. The molecule has 2 heterocycles. The number of nitrogens with zero attached hydrogens (tertiary/aromatic N) is 4. The maximum absolute atomic E-state index is 12.5. The van der Waals surface area contributed by atoms with Crippen LogP contribution in [-0.4, -0.2) is 44.3 Å². The monoisotopic (exact) mass is 377 g/mol. The second-order valence-corrected chi connectivity index (χ2v) is 7.49. The zero-order valence-corrected chi connectivity index (χ0v) is 16.6. The van der Waals surface area contributed by atoms with E-state index in [2.05, 4.69) is 29.1 Å². The molecule has 2 amide bonds. The van der Waals surface area contributed by atoms with Crippen LogP contribution < -0.4 is 5.32 Å². The number of imidazole rings is 1. The summed E-state index contributed by atoms with van der Waals surface area (Å²) in [6.07, 6.45) is 6.17. The van der Waals surface area contributed by atoms with Crippen LogP contribution in [-0.2, 0) is 17.9 Å². The van der Waals surface area contributed by atoms with Gasteiger partial charge in [-0.25, -0.2) is 14.8 Å². The quantitative estimate of drug-likeness (QED) is 0.728. The SMILES string of the molecule is CCC(=O)C(CCn1ccnc1)NC(=O)N(C)Cc1csc(C(C)C)n1. The van der Waals surface area contributed by atoms with E-state index in [0.717, 1.165) is 10.7 Å². The van der Waals surface area contributed by atoms with Gasteiger partial charge in [0.15, 0.2) is 5.78 Å². The molecule has 0 aliphatic rings. The third-order valence-electron chi connectivity index (χ3n) is 4.08. The number of hydrogen-bond donors (Lipinski definition) is 1. The van der Waals surface area contributed by atoms with Crippen LogP contribution >= 0.6 is 11.3 Å². The Morgan fingerprint density at radius 3 is 2.73 bits per heavy atom. The maximum Gasteiger partial charge on any atom is 0.318 e. The molecular weight excluding hydrogens is 350 g/mol. The van der Waals surface area contributed by atoms with Crippen LogP contribution in [0.2, 0.25) is 0 Å². The van der Waals surface area contributed by atoms with Crippen molar-refractivity contribution in [2.75, 3.05) is 7.05 Å². The number of rotatable bonds is 9. The van der Waals surface area contributed by atoms with Gasteiger partial charge in [0.1, 0.15) is 0 Å². The molecule has 0 fully saturated rings. The molecule has 0 aromatic carbocycles. The van der Waals surface area contributed by atoms with Crippen molar-refractivity contribution in [3.63, 3.8) is 0 Å². The lowest BCUT2D eigenvalue weighted by Crippen LogP contribution is -2.46. The van der Waals surface area contributed by atoms with Gasteiger partial charge in [0, 0.05) is 43.7 Å². The number of nitrogens with one attached hydrogen (secondary N) is 1. The average Bonchev–Trinajstić information content (AvgIpc) is 3.29. The standard InChI is InChI=1S/C18H27N5O2S/c1-5-16(24)15(6-8-23-9-7-19-12-23)21-18(25)22(4)10-14-11-26-17(20-14)13(2)3/h7,9,11-13,15H,5-6,8,10H2,1-4H3,(H,21,25). The van der Waals surface area contributed by atoms with E-state index in [4.69, 9.17) is 0 Å². The number of amides is 2. The van der Waals surface area contributed by atoms with Gasteiger partial charge in [0.25, 0.3) is 0 Å². The van der Waals surface area contributed by atoms with E-state index in [-0.39, 0.29) is 11.8 Å². The molecule has 0 spiro atoms. The number of urea groups is 1. The Hall–Kier alpha value is -2.22. The van der Waals surface area contributed by atoms with Gasteiger partial charge in [0.2, 0.25) is 0 Å². The van der Waals surface area contributed by atoms with Gasteiger partial charge < -0.3 is 14.8 Å². The Bertz CT molecular complexity index is 711. The number of carbonyl (C=O) groups excluding carboxylic acids is 2. The fourth-order valence-corrected chi connectivity index (χ4v) is 3.32. The van der Waals surface area contributed by atoms with Crippen molar-refractivity contribution < 1.29 is 9.59 Å². The zero-order chi connectivity index (χ0) is 19.1. The summed E-state index contributed by atoms with van der Waals surface area (Å²) < 4.78 is 1.90. The largest absolute Gasteiger partial charge is 0.337 e. The van der Waals surface area contributed by atoms with Crippen molar-refractivity contribution >= 4 is 23.2 Å². The van der Waals surface area contributed by atoms with Crippen LogP contribution in [0.1, 0.15) is 50.2 Å². The van der Waals surface area contributed by atoms with Gasteiger partial charge in [-0.05, 0) is 6.42 Å². The Labute approximate surface area is 158 Å². The number of Topliss-reactive ketones (excluding diaryl/α,β-unsaturated/α-hetero) is 1. The fraction of sp³-hybridized carbons (Fsp3) is 0.556. The molecule has 2 aromatic heterocycles. The summed E-state index contributed by atoms with van der Waals surface area (Å²) >= 11 is 1.61. The van der Waals surface area contributed by atoms with E-state index in [9.17, 15) is 9.59 Å². The highest BCUT2D eigenvalue weighted by atomic mass is 32.1. The third kappa shape index (κ3) is 5.66. The highest BCUT2D eigenvalue weighted by Crippen LogP contribution is 2.19. The van der Waals surface area contributed by atoms with Crippen LogP contribution in [0.5, 0.6) is 0 Å². The predicted molar refractivity (Wildman–Crippen MR) is 102 cm³/mol. The van der Waals surface area contributed by atoms with Crippen LogP contribution in [0.15, 0.2) is 24.1 Å². The van der Waals surface area contributed by atoms with E-state index < -0.39 is 6.04 Å². The average molecular weight is 378 g/mol. The summed E-state index contributed by atoms with van der Waals surface area (Å²) in [6.45, 7) is 7.06. The van der Waals surface area contributed by atoms with Gasteiger partial charge in [-0.3, -0.25) is 4.79 Å². The molecule has 2 aromatic rings. The van der Waals surface area contributed by atoms with Crippen molar-refractivity contribution in [1.82, 2.24) is 24.8 Å². The Morgan fingerprint density at radius 2 is 2.15 bits per heavy atom. The van der Waals surface area contributed by atoms with Crippen molar-refractivity contribution in [3.05, 3.63) is 34.8 Å². The summed E-state index contributed by atoms with van der Waals surface area (Å²) in [6, 6.07) is -0.763. The van der Waals surface area contributed by atoms with Gasteiger partial charge in [0.05, 0.1) is 29.6 Å². The minimum absolute atomic E-state index is 0.0302. The summed E-state index contributed by atoms with van der Waals surface area (Å²) in [7, 11) is 1.72. The van der Waals surface area contributed by atoms with E-state index in [1.807, 2.05) is 23.1 Å². The molecule has 0 aliphatic heterocycles. The van der Waals surface area contributed by atoms with E-state index >= 15 is 0 Å². The summed E-state index contributed by atoms with van der Waals surface area (Å²) in [4.78, 5) is 34.8. The Balaban J connectivity index is 1.92. The van der Waals surface area contributed by atoms with E-state index in [0.29, 0.717) is 31.8 Å². The Morgan fingerprint density at radius 1 is 1.38 bits per heavy atom. The molecule has 26 heavy (non-hydrogen) atoms. The van der Waals surface area contributed by atoms with Gasteiger partial charge in [-0.1, -0.05) is 20.8 Å². The second-order valence-electron chi connectivity index (χ2n) is 6.60. The predicted octanol–water partition coefficient (Wildman–Crippen LogP) is 3.04. The first-order chi connectivity index (χ1) is 12.4. The highest BCUT2D eigenvalue weighted by Gasteiger charge is 2.21. The van der Waals surface area contributed by atoms with Crippen LogP contribution in [0.3, 0.4) is 0 Å². The maximum atomic E-state index is 12.5. The molecule has 7 nitrogen and oxygen atoms in total. The fourth-order valence-electron chi connectivity index (χ4n) is 2.49. The highest BCUT2D eigenvalue weighted by molar-refractivity contribution is 7.09. The van der Waals surface area contributed by atoms with E-state index in [1.54, 1.807) is 35.8 Å². The first-order valence-corrected chi connectivity index (χ1v) is 9.73. The summed E-state index contributed by atoms with van der Waals surface area (Å²) in [5.41, 5.74) is 0.869. The third-order valence-corrected chi connectivity index (χ3v) is 5.27. The van der Waals surface area contributed by atoms with Crippen molar-refractivity contribution in [1.29, 1.82) is 0 Å². The number of ketones is 1. The van der Waals surface area contributed by atoms with Crippen molar-refractivity contribution in [2.24, 2.45) is 0 Å². The lowest BCUT2D eigenvalue weighted by molar-refractivity contribution is -0.120. The molecule has 0 saturated carbocycles. The second kappa shape index (κ2) is 9.47. The lowest BCUT2D eigenvalue weighted by Gasteiger charge is -2.22. The van der Waals surface area contributed by atoms with Gasteiger partial charge in [-0.2, -0.15) is 0 Å². The number of aryl methyl sites for hydroxylation is 1. The first kappa shape index (κ1) is 20.1. The Kier molecular flexibility index (Phi) is 7.32. The molecule has 2 rings (SSSR count). The molecule has 0 radical (unpaired) electrons. The van der Waals surface area contributed by atoms with Crippen LogP contribution in [0, 0.1) is 0 Å². The molecular formula is C18H27N5O2S. The lowest BCUT2D eigenvalue weighted by atomic mass is 10.1. The molecule has 0 bridgehead atoms. The van der Waals surface area contributed by atoms with Crippen molar-refractivity contribution in [2.45, 2.75) is 58.7 Å². The molecule has 8 heteroatoms. The van der Waals surface area contributed by atoms with Crippen LogP contribution in [0.25, 0.3) is 0 Å². The van der Waals surface area contributed by atoms with Crippen molar-refractivity contribution in [3.8, 4) is 0 Å². The topological polar surface area (TPSA) is 80.1 Å². The smallest absolute Gasteiger partial charge is 0.318 e. The van der Waals surface area contributed by atoms with E-state index in [1.165, 1.54) is 0 Å². The molecule has 0 saturated heterocycles. The number of thiazole rings is 1. The minimum Gasteiger partial charge on any atom is -0.337 e.